The molecule has 1 aliphatic rings. The minimum Gasteiger partial charge on any atom is -0.329 e. The number of halogens is 2. The summed E-state index contributed by atoms with van der Waals surface area (Å²) in [5.41, 5.74) is 5.67. The van der Waals surface area contributed by atoms with Crippen molar-refractivity contribution in [1.29, 1.82) is 0 Å². The van der Waals surface area contributed by atoms with E-state index < -0.39 is 15.8 Å². The molecule has 1 aromatic rings. The van der Waals surface area contributed by atoms with Crippen molar-refractivity contribution in [3.05, 3.63) is 29.0 Å². The molecule has 7 heteroatoms. The molecule has 0 bridgehead atoms. The lowest BCUT2D eigenvalue weighted by Crippen LogP contribution is -2.44. The van der Waals surface area contributed by atoms with E-state index >= 15 is 0 Å². The number of nitrogens with two attached hydrogens (primary N) is 1. The van der Waals surface area contributed by atoms with Gasteiger partial charge in [0.15, 0.2) is 0 Å². The third-order valence-electron chi connectivity index (χ3n) is 3.68. The number of nitrogens with one attached hydrogen (secondary N) is 1. The molecule has 0 saturated heterocycles. The van der Waals surface area contributed by atoms with Crippen LogP contribution in [-0.2, 0) is 10.0 Å². The second kappa shape index (κ2) is 6.39. The third-order valence-corrected chi connectivity index (χ3v) is 5.36. The van der Waals surface area contributed by atoms with Gasteiger partial charge in [-0.25, -0.2) is 17.5 Å². The predicted octanol–water partition coefficient (Wildman–Crippen LogP) is 2.27. The maximum atomic E-state index is 13.3. The molecule has 0 radical (unpaired) electrons. The van der Waals surface area contributed by atoms with Crippen molar-refractivity contribution >= 4 is 21.6 Å². The van der Waals surface area contributed by atoms with Crippen LogP contribution in [0.3, 0.4) is 0 Å². The lowest BCUT2D eigenvalue weighted by Gasteiger charge is -2.23. The highest BCUT2D eigenvalue weighted by atomic mass is 35.5. The van der Waals surface area contributed by atoms with Crippen molar-refractivity contribution < 1.29 is 12.8 Å². The molecule has 1 aliphatic carbocycles. The highest BCUT2D eigenvalue weighted by Crippen LogP contribution is 2.28. The molecule has 1 fully saturated rings. The third kappa shape index (κ3) is 3.69. The molecule has 0 aliphatic heterocycles. The summed E-state index contributed by atoms with van der Waals surface area (Å²) < 4.78 is 40.4. The number of hydrogen-bond donors (Lipinski definition) is 2. The van der Waals surface area contributed by atoms with Crippen molar-refractivity contribution in [3.8, 4) is 0 Å². The van der Waals surface area contributed by atoms with Crippen LogP contribution in [0.5, 0.6) is 0 Å². The van der Waals surface area contributed by atoms with Gasteiger partial charge < -0.3 is 5.73 Å². The van der Waals surface area contributed by atoms with Gasteiger partial charge in [0, 0.05) is 17.6 Å². The van der Waals surface area contributed by atoms with Crippen LogP contribution in [0.15, 0.2) is 23.1 Å². The Bertz CT molecular complexity index is 553. The lowest BCUT2D eigenvalue weighted by molar-refractivity contribution is 0.405. The van der Waals surface area contributed by atoms with Gasteiger partial charge in [0.25, 0.3) is 0 Å². The van der Waals surface area contributed by atoms with E-state index in [1.165, 1.54) is 6.07 Å². The first-order valence-corrected chi connectivity index (χ1v) is 8.47. The van der Waals surface area contributed by atoms with Crippen LogP contribution < -0.4 is 10.5 Å². The average molecular weight is 321 g/mol. The molecular formula is C13H18ClFN2O2S. The largest absolute Gasteiger partial charge is 0.329 e. The smallest absolute Gasteiger partial charge is 0.241 e. The number of hydrogen-bond acceptors (Lipinski definition) is 3. The first-order chi connectivity index (χ1) is 9.42. The molecule has 2 rings (SSSR count). The van der Waals surface area contributed by atoms with E-state index in [0.29, 0.717) is 0 Å². The van der Waals surface area contributed by atoms with Gasteiger partial charge in [0.05, 0.1) is 4.90 Å². The zero-order chi connectivity index (χ0) is 14.8. The van der Waals surface area contributed by atoms with Crippen molar-refractivity contribution in [2.24, 2.45) is 11.7 Å². The lowest BCUT2D eigenvalue weighted by atomic mass is 9.99. The molecule has 1 aromatic carbocycles. The zero-order valence-electron chi connectivity index (χ0n) is 11.0. The van der Waals surface area contributed by atoms with E-state index in [1.54, 1.807) is 0 Å². The fourth-order valence-corrected chi connectivity index (χ4v) is 4.31. The van der Waals surface area contributed by atoms with Crippen LogP contribution in [0.1, 0.15) is 25.7 Å². The number of benzene rings is 1. The summed E-state index contributed by atoms with van der Waals surface area (Å²) in [5, 5.41) is 0.0514. The predicted molar refractivity (Wildman–Crippen MR) is 76.5 cm³/mol. The molecule has 3 N–H and O–H groups in total. The Kier molecular flexibility index (Phi) is 5.01. The van der Waals surface area contributed by atoms with E-state index in [0.717, 1.165) is 37.8 Å². The van der Waals surface area contributed by atoms with Crippen LogP contribution in [-0.4, -0.2) is 21.0 Å². The highest BCUT2D eigenvalue weighted by molar-refractivity contribution is 7.89. The van der Waals surface area contributed by atoms with Gasteiger partial charge in [0.2, 0.25) is 10.0 Å². The average Bonchev–Trinajstić information content (AvgIpc) is 2.88. The normalized spacial score (nSPS) is 18.4. The molecule has 0 aromatic heterocycles. The fourth-order valence-electron chi connectivity index (χ4n) is 2.65. The second-order valence-corrected chi connectivity index (χ2v) is 7.26. The molecule has 112 valence electrons. The van der Waals surface area contributed by atoms with Crippen LogP contribution in [0.2, 0.25) is 5.02 Å². The van der Waals surface area contributed by atoms with Gasteiger partial charge >= 0.3 is 0 Å². The van der Waals surface area contributed by atoms with Gasteiger partial charge in [-0.1, -0.05) is 24.4 Å². The maximum Gasteiger partial charge on any atom is 0.241 e. The molecule has 1 saturated carbocycles. The Morgan fingerprint density at radius 3 is 2.55 bits per heavy atom. The molecule has 20 heavy (non-hydrogen) atoms. The Hall–Kier alpha value is -0.690. The quantitative estimate of drug-likeness (QED) is 0.874. The maximum absolute atomic E-state index is 13.3. The Morgan fingerprint density at radius 2 is 2.00 bits per heavy atom. The molecule has 0 spiro atoms. The molecular weight excluding hydrogens is 303 g/mol. The van der Waals surface area contributed by atoms with E-state index in [9.17, 15) is 12.8 Å². The molecule has 0 heterocycles. The Labute approximate surface area is 123 Å². The second-order valence-electron chi connectivity index (χ2n) is 5.11. The summed E-state index contributed by atoms with van der Waals surface area (Å²) >= 11 is 5.70. The number of sulfonamides is 1. The van der Waals surface area contributed by atoms with E-state index in [2.05, 4.69) is 4.72 Å². The molecule has 1 atom stereocenters. The van der Waals surface area contributed by atoms with Crippen molar-refractivity contribution in [2.45, 2.75) is 36.6 Å². The van der Waals surface area contributed by atoms with Gasteiger partial charge in [-0.05, 0) is 37.0 Å². The number of rotatable bonds is 5. The van der Waals surface area contributed by atoms with Gasteiger partial charge in [-0.15, -0.1) is 0 Å². The first kappa shape index (κ1) is 15.7. The molecule has 4 nitrogen and oxygen atoms in total. The van der Waals surface area contributed by atoms with Crippen LogP contribution in [0.25, 0.3) is 0 Å². The fraction of sp³-hybridized carbons (Fsp3) is 0.538. The Morgan fingerprint density at radius 1 is 1.35 bits per heavy atom. The summed E-state index contributed by atoms with van der Waals surface area (Å²) in [4.78, 5) is -0.168. The van der Waals surface area contributed by atoms with Crippen molar-refractivity contribution in [1.82, 2.24) is 4.72 Å². The van der Waals surface area contributed by atoms with Gasteiger partial charge in [-0.3, -0.25) is 0 Å². The van der Waals surface area contributed by atoms with E-state index in [1.807, 2.05) is 0 Å². The summed E-state index contributed by atoms with van der Waals surface area (Å²) in [7, 11) is -3.81. The van der Waals surface area contributed by atoms with Crippen molar-refractivity contribution in [2.75, 3.05) is 6.54 Å². The van der Waals surface area contributed by atoms with Crippen LogP contribution in [0, 0.1) is 11.7 Å². The monoisotopic (exact) mass is 320 g/mol. The van der Waals surface area contributed by atoms with Crippen LogP contribution in [0.4, 0.5) is 4.39 Å². The summed E-state index contributed by atoms with van der Waals surface area (Å²) in [5.74, 6) is -0.429. The van der Waals surface area contributed by atoms with Crippen LogP contribution >= 0.6 is 11.6 Å². The first-order valence-electron chi connectivity index (χ1n) is 6.61. The minimum absolute atomic E-state index is 0.0514. The Balaban J connectivity index is 2.20. The molecule has 0 amide bonds. The minimum atomic E-state index is -3.81. The SMILES string of the molecule is NCC(NS(=O)(=O)c1cc(F)cc(Cl)c1)C1CCCC1. The zero-order valence-corrected chi connectivity index (χ0v) is 12.6. The topological polar surface area (TPSA) is 72.2 Å². The summed E-state index contributed by atoms with van der Waals surface area (Å²) in [6.07, 6.45) is 4.12. The summed E-state index contributed by atoms with van der Waals surface area (Å²) in [6, 6.07) is 2.94. The van der Waals surface area contributed by atoms with Gasteiger partial charge in [-0.2, -0.15) is 0 Å². The van der Waals surface area contributed by atoms with Gasteiger partial charge in [0.1, 0.15) is 5.82 Å². The molecule has 1 unspecified atom stereocenters. The summed E-state index contributed by atoms with van der Waals surface area (Å²) in [6.45, 7) is 0.229. The van der Waals surface area contributed by atoms with E-state index in [4.69, 9.17) is 17.3 Å². The van der Waals surface area contributed by atoms with E-state index in [-0.39, 0.29) is 28.4 Å². The van der Waals surface area contributed by atoms with Crippen molar-refractivity contribution in [3.63, 3.8) is 0 Å². The standard InChI is InChI=1S/C13H18ClFN2O2S/c14-10-5-11(15)7-12(6-10)20(18,19)17-13(8-16)9-3-1-2-4-9/h5-7,9,13,17H,1-4,8,16H2. The highest BCUT2D eigenvalue weighted by Gasteiger charge is 2.28.